The maximum absolute atomic E-state index is 8.74. The van der Waals surface area contributed by atoms with Crippen LogP contribution in [0.4, 0.5) is 0 Å². The lowest BCUT2D eigenvalue weighted by Gasteiger charge is -2.11. The van der Waals surface area contributed by atoms with Crippen LogP contribution in [0.5, 0.6) is 0 Å². The summed E-state index contributed by atoms with van der Waals surface area (Å²) in [5.41, 5.74) is 0. The number of hydrogen-bond acceptors (Lipinski definition) is 3. The summed E-state index contributed by atoms with van der Waals surface area (Å²) in [4.78, 5) is 0. The van der Waals surface area contributed by atoms with Gasteiger partial charge in [0.1, 0.15) is 0 Å². The molecule has 3 nitrogen and oxygen atoms in total. The van der Waals surface area contributed by atoms with Crippen LogP contribution in [0.2, 0.25) is 0 Å². The van der Waals surface area contributed by atoms with Crippen molar-refractivity contribution in [3.63, 3.8) is 0 Å². The van der Waals surface area contributed by atoms with Crippen molar-refractivity contribution in [3.05, 3.63) is 0 Å². The van der Waals surface area contributed by atoms with Gasteiger partial charge in [0.05, 0.1) is 6.61 Å². The summed E-state index contributed by atoms with van der Waals surface area (Å²) in [5.74, 6) is 0. The molecule has 0 spiro atoms. The molecule has 0 saturated heterocycles. The first-order valence-electron chi connectivity index (χ1n) is 3.77. The fraction of sp³-hybridized carbons (Fsp3) is 1.00. The van der Waals surface area contributed by atoms with Gasteiger partial charge >= 0.3 is 0 Å². The Hall–Kier alpha value is -0.120. The summed E-state index contributed by atoms with van der Waals surface area (Å²) < 4.78 is 0. The Bertz CT molecular complexity index is 64.6. The van der Waals surface area contributed by atoms with Gasteiger partial charge in [-0.1, -0.05) is 0 Å². The average Bonchev–Trinajstić information content (AvgIpc) is 1.99. The Balaban J connectivity index is 3.09. The highest BCUT2D eigenvalue weighted by molar-refractivity contribution is 4.62. The van der Waals surface area contributed by atoms with E-state index < -0.39 is 0 Å². The molecule has 0 aliphatic carbocycles. The van der Waals surface area contributed by atoms with Gasteiger partial charge in [-0.2, -0.15) is 0 Å². The van der Waals surface area contributed by atoms with E-state index in [2.05, 4.69) is 10.6 Å². The smallest absolute Gasteiger partial charge is 0.0584 e. The second-order valence-corrected chi connectivity index (χ2v) is 2.41. The van der Waals surface area contributed by atoms with Crippen LogP contribution >= 0.6 is 0 Å². The molecule has 0 unspecified atom stereocenters. The molecule has 0 aromatic rings. The molecular weight excluding hydrogens is 128 g/mol. The van der Waals surface area contributed by atoms with E-state index in [0.29, 0.717) is 0 Å². The number of aliphatic hydroxyl groups excluding tert-OH is 1. The monoisotopic (exact) mass is 146 g/mol. The molecule has 10 heavy (non-hydrogen) atoms. The van der Waals surface area contributed by atoms with E-state index in [1.807, 2.05) is 14.1 Å². The Morgan fingerprint density at radius 1 is 1.40 bits per heavy atom. The van der Waals surface area contributed by atoms with Crippen molar-refractivity contribution < 1.29 is 5.11 Å². The van der Waals surface area contributed by atoms with E-state index in [9.17, 15) is 0 Å². The van der Waals surface area contributed by atoms with Crippen LogP contribution in [-0.4, -0.2) is 38.4 Å². The first-order valence-corrected chi connectivity index (χ1v) is 3.77. The maximum atomic E-state index is 8.74. The van der Waals surface area contributed by atoms with Crippen molar-refractivity contribution in [1.82, 2.24) is 10.6 Å². The van der Waals surface area contributed by atoms with E-state index in [1.165, 1.54) is 0 Å². The molecule has 0 saturated carbocycles. The van der Waals surface area contributed by atoms with Crippen LogP contribution in [0.25, 0.3) is 0 Å². The Morgan fingerprint density at radius 2 is 2.10 bits per heavy atom. The molecule has 0 radical (unpaired) electrons. The normalized spacial score (nSPS) is 13.5. The van der Waals surface area contributed by atoms with Gasteiger partial charge in [-0.15, -0.1) is 0 Å². The fourth-order valence-electron chi connectivity index (χ4n) is 0.852. The third-order valence-electron chi connectivity index (χ3n) is 1.61. The van der Waals surface area contributed by atoms with Crippen LogP contribution in [0.15, 0.2) is 0 Å². The zero-order valence-electron chi connectivity index (χ0n) is 6.85. The summed E-state index contributed by atoms with van der Waals surface area (Å²) >= 11 is 0. The van der Waals surface area contributed by atoms with E-state index >= 15 is 0 Å². The molecule has 0 amide bonds. The van der Waals surface area contributed by atoms with Crippen molar-refractivity contribution in [1.29, 1.82) is 0 Å². The lowest BCUT2D eigenvalue weighted by molar-refractivity contribution is 0.240. The van der Waals surface area contributed by atoms with Crippen molar-refractivity contribution in [2.24, 2.45) is 0 Å². The lowest BCUT2D eigenvalue weighted by Crippen LogP contribution is -2.29. The Labute approximate surface area is 62.8 Å². The van der Waals surface area contributed by atoms with Crippen molar-refractivity contribution in [3.8, 4) is 0 Å². The van der Waals surface area contributed by atoms with Crippen molar-refractivity contribution in [2.75, 3.05) is 27.2 Å². The molecule has 0 heterocycles. The number of aliphatic hydroxyl groups is 1. The molecular formula is C7H18N2O. The van der Waals surface area contributed by atoms with Gasteiger partial charge in [0, 0.05) is 6.04 Å². The van der Waals surface area contributed by atoms with Gasteiger partial charge in [-0.25, -0.2) is 0 Å². The third-order valence-corrected chi connectivity index (χ3v) is 1.61. The standard InChI is InChI=1S/C7H18N2O/c1-8-5-3-4-7(6-10)9-2/h7-10H,3-6H2,1-2H3/t7-/m1/s1. The van der Waals surface area contributed by atoms with E-state index in [0.717, 1.165) is 19.4 Å². The summed E-state index contributed by atoms with van der Waals surface area (Å²) in [6.45, 7) is 1.26. The SMILES string of the molecule is CNCCC[C@H](CO)NC. The highest BCUT2D eigenvalue weighted by atomic mass is 16.3. The fourth-order valence-corrected chi connectivity index (χ4v) is 0.852. The average molecular weight is 146 g/mol. The zero-order chi connectivity index (χ0) is 7.82. The molecule has 0 fully saturated rings. The summed E-state index contributed by atoms with van der Waals surface area (Å²) in [7, 11) is 3.81. The molecule has 3 N–H and O–H groups in total. The molecule has 1 atom stereocenters. The van der Waals surface area contributed by atoms with Crippen LogP contribution in [-0.2, 0) is 0 Å². The van der Waals surface area contributed by atoms with Gasteiger partial charge in [-0.3, -0.25) is 0 Å². The number of rotatable bonds is 6. The Morgan fingerprint density at radius 3 is 2.50 bits per heavy atom. The summed E-state index contributed by atoms with van der Waals surface area (Å²) in [5, 5.41) is 14.8. The van der Waals surface area contributed by atoms with Crippen molar-refractivity contribution in [2.45, 2.75) is 18.9 Å². The molecule has 0 rings (SSSR count). The summed E-state index contributed by atoms with van der Waals surface area (Å²) in [6, 6.07) is 0.272. The minimum atomic E-state index is 0.236. The number of likely N-dealkylation sites (N-methyl/N-ethyl adjacent to an activating group) is 1. The van der Waals surface area contributed by atoms with Gasteiger partial charge in [0.25, 0.3) is 0 Å². The predicted molar refractivity (Wildman–Crippen MR) is 43.1 cm³/mol. The first-order chi connectivity index (χ1) is 4.85. The minimum absolute atomic E-state index is 0.236. The van der Waals surface area contributed by atoms with Crippen LogP contribution < -0.4 is 10.6 Å². The van der Waals surface area contributed by atoms with E-state index in [1.54, 1.807) is 0 Å². The second-order valence-electron chi connectivity index (χ2n) is 2.41. The van der Waals surface area contributed by atoms with Crippen LogP contribution in [0, 0.1) is 0 Å². The molecule has 3 heteroatoms. The maximum Gasteiger partial charge on any atom is 0.0584 e. The lowest BCUT2D eigenvalue weighted by atomic mass is 10.2. The minimum Gasteiger partial charge on any atom is -0.395 e. The largest absolute Gasteiger partial charge is 0.395 e. The van der Waals surface area contributed by atoms with Gasteiger partial charge in [-0.05, 0) is 33.5 Å². The van der Waals surface area contributed by atoms with E-state index in [-0.39, 0.29) is 12.6 Å². The molecule has 0 aliphatic heterocycles. The van der Waals surface area contributed by atoms with Crippen LogP contribution in [0.1, 0.15) is 12.8 Å². The van der Waals surface area contributed by atoms with E-state index in [4.69, 9.17) is 5.11 Å². The first kappa shape index (κ1) is 9.88. The van der Waals surface area contributed by atoms with Gasteiger partial charge in [0.2, 0.25) is 0 Å². The molecule has 0 aromatic heterocycles. The molecule has 0 aliphatic rings. The zero-order valence-corrected chi connectivity index (χ0v) is 6.85. The quantitative estimate of drug-likeness (QED) is 0.445. The van der Waals surface area contributed by atoms with Crippen molar-refractivity contribution >= 4 is 0 Å². The highest BCUT2D eigenvalue weighted by Gasteiger charge is 2.01. The molecule has 0 aromatic carbocycles. The number of nitrogens with one attached hydrogen (secondary N) is 2. The molecule has 62 valence electrons. The van der Waals surface area contributed by atoms with Gasteiger partial charge < -0.3 is 15.7 Å². The molecule has 0 bridgehead atoms. The second kappa shape index (κ2) is 6.99. The summed E-state index contributed by atoms with van der Waals surface area (Å²) in [6.07, 6.45) is 2.15. The predicted octanol–water partition coefficient (Wildman–Crippen LogP) is -0.434. The number of hydrogen-bond donors (Lipinski definition) is 3. The topological polar surface area (TPSA) is 44.3 Å². The third kappa shape index (κ3) is 4.73. The van der Waals surface area contributed by atoms with Gasteiger partial charge in [0.15, 0.2) is 0 Å². The van der Waals surface area contributed by atoms with Crippen LogP contribution in [0.3, 0.4) is 0 Å². The highest BCUT2D eigenvalue weighted by Crippen LogP contribution is 1.93. The Kier molecular flexibility index (Phi) is 6.91.